The molecule has 0 aromatic heterocycles. The summed E-state index contributed by atoms with van der Waals surface area (Å²) in [6.07, 6.45) is 4.24. The minimum Gasteiger partial charge on any atom is -0.355 e. The van der Waals surface area contributed by atoms with Gasteiger partial charge in [-0.2, -0.15) is 0 Å². The van der Waals surface area contributed by atoms with E-state index in [4.69, 9.17) is 5.14 Å². The molecule has 4 atom stereocenters. The quantitative estimate of drug-likeness (QED) is 0.728. The molecule has 0 spiro atoms. The Morgan fingerprint density at radius 3 is 2.55 bits per heavy atom. The predicted octanol–water partition coefficient (Wildman–Crippen LogP) is 1.67. The number of carbonyl (C=O) groups is 2. The Hall–Kier alpha value is -1.93. The van der Waals surface area contributed by atoms with E-state index in [1.54, 1.807) is 12.1 Å². The van der Waals surface area contributed by atoms with Crippen LogP contribution in [0, 0.1) is 17.8 Å². The Labute approximate surface area is 173 Å². The third-order valence-electron chi connectivity index (χ3n) is 6.56. The van der Waals surface area contributed by atoms with Crippen LogP contribution in [0.5, 0.6) is 0 Å². The first-order valence-corrected chi connectivity index (χ1v) is 11.9. The highest BCUT2D eigenvalue weighted by molar-refractivity contribution is 7.89. The van der Waals surface area contributed by atoms with Gasteiger partial charge < -0.3 is 10.2 Å². The second kappa shape index (κ2) is 8.83. The van der Waals surface area contributed by atoms with Crippen molar-refractivity contribution in [2.45, 2.75) is 56.9 Å². The molecule has 1 heterocycles. The number of nitrogens with two attached hydrogens (primary N) is 1. The van der Waals surface area contributed by atoms with Crippen LogP contribution < -0.4 is 10.5 Å². The average Bonchev–Trinajstić information content (AvgIpc) is 3.05. The lowest BCUT2D eigenvalue weighted by atomic mass is 9.77. The molecule has 1 aromatic rings. The molecule has 8 heteroatoms. The molecule has 0 unspecified atom stereocenters. The summed E-state index contributed by atoms with van der Waals surface area (Å²) in [5.74, 6) is 0.787. The van der Waals surface area contributed by atoms with Gasteiger partial charge in [0.25, 0.3) is 0 Å². The molecular formula is C21H31N3O4S. The van der Waals surface area contributed by atoms with Crippen LogP contribution in [-0.2, 0) is 26.0 Å². The van der Waals surface area contributed by atoms with Gasteiger partial charge in [0.2, 0.25) is 21.8 Å². The zero-order valence-electron chi connectivity index (χ0n) is 17.1. The number of sulfonamides is 1. The third-order valence-corrected chi connectivity index (χ3v) is 7.49. The van der Waals surface area contributed by atoms with Crippen molar-refractivity contribution in [2.75, 3.05) is 13.1 Å². The summed E-state index contributed by atoms with van der Waals surface area (Å²) in [5.41, 5.74) is 0.909. The Morgan fingerprint density at radius 1 is 1.21 bits per heavy atom. The Balaban J connectivity index is 1.49. The molecule has 2 aliphatic rings. The molecule has 1 aliphatic carbocycles. The van der Waals surface area contributed by atoms with E-state index in [0.717, 1.165) is 18.4 Å². The number of primary sulfonamides is 1. The van der Waals surface area contributed by atoms with Gasteiger partial charge in [-0.15, -0.1) is 0 Å². The summed E-state index contributed by atoms with van der Waals surface area (Å²) in [6, 6.07) is 6.57. The second-order valence-electron chi connectivity index (χ2n) is 8.51. The van der Waals surface area contributed by atoms with Crippen LogP contribution in [0.2, 0.25) is 0 Å². The van der Waals surface area contributed by atoms with E-state index in [1.807, 2.05) is 4.90 Å². The summed E-state index contributed by atoms with van der Waals surface area (Å²) in [7, 11) is -3.70. The number of carbonyl (C=O) groups excluding carboxylic acids is 2. The topological polar surface area (TPSA) is 110 Å². The van der Waals surface area contributed by atoms with Crippen LogP contribution in [0.3, 0.4) is 0 Å². The number of amides is 2. The molecule has 1 aliphatic heterocycles. The van der Waals surface area contributed by atoms with Gasteiger partial charge in [-0.05, 0) is 42.4 Å². The van der Waals surface area contributed by atoms with Gasteiger partial charge in [-0.25, -0.2) is 13.6 Å². The molecule has 1 aromatic carbocycles. The first-order chi connectivity index (χ1) is 13.7. The van der Waals surface area contributed by atoms with E-state index in [-0.39, 0.29) is 35.1 Å². The van der Waals surface area contributed by atoms with E-state index >= 15 is 0 Å². The highest BCUT2D eigenvalue weighted by Crippen LogP contribution is 2.35. The van der Waals surface area contributed by atoms with Crippen molar-refractivity contribution < 1.29 is 18.0 Å². The van der Waals surface area contributed by atoms with Gasteiger partial charge in [-0.3, -0.25) is 9.59 Å². The summed E-state index contributed by atoms with van der Waals surface area (Å²) in [5, 5.41) is 8.01. The van der Waals surface area contributed by atoms with E-state index in [0.29, 0.717) is 31.3 Å². The van der Waals surface area contributed by atoms with Crippen LogP contribution in [0.15, 0.2) is 29.2 Å². The fourth-order valence-electron chi connectivity index (χ4n) is 4.54. The van der Waals surface area contributed by atoms with Crippen LogP contribution >= 0.6 is 0 Å². The molecule has 1 saturated heterocycles. The van der Waals surface area contributed by atoms with Crippen LogP contribution in [0.4, 0.5) is 0 Å². The lowest BCUT2D eigenvalue weighted by molar-refractivity contribution is -0.132. The zero-order valence-corrected chi connectivity index (χ0v) is 18.0. The molecule has 2 amide bonds. The predicted molar refractivity (Wildman–Crippen MR) is 110 cm³/mol. The smallest absolute Gasteiger partial charge is 0.238 e. The maximum atomic E-state index is 12.6. The van der Waals surface area contributed by atoms with Crippen molar-refractivity contribution in [3.8, 4) is 0 Å². The largest absolute Gasteiger partial charge is 0.355 e. The highest BCUT2D eigenvalue weighted by atomic mass is 32.2. The average molecular weight is 422 g/mol. The lowest BCUT2D eigenvalue weighted by Crippen LogP contribution is -2.45. The summed E-state index contributed by atoms with van der Waals surface area (Å²) in [6.45, 7) is 5.41. The summed E-state index contributed by atoms with van der Waals surface area (Å²) < 4.78 is 22.6. The minimum absolute atomic E-state index is 0.0705. The number of rotatable bonds is 6. The van der Waals surface area contributed by atoms with Gasteiger partial charge in [0.1, 0.15) is 0 Å². The molecule has 29 heavy (non-hydrogen) atoms. The number of likely N-dealkylation sites (tertiary alicyclic amines) is 1. The van der Waals surface area contributed by atoms with Gasteiger partial charge in [0.05, 0.1) is 10.8 Å². The maximum Gasteiger partial charge on any atom is 0.238 e. The molecule has 0 radical (unpaired) electrons. The number of hydrogen-bond donors (Lipinski definition) is 2. The normalized spacial score (nSPS) is 27.8. The number of nitrogens with zero attached hydrogens (tertiary/aromatic N) is 1. The molecule has 0 bridgehead atoms. The molecule has 7 nitrogen and oxygen atoms in total. The minimum atomic E-state index is -3.70. The molecule has 2 fully saturated rings. The van der Waals surface area contributed by atoms with E-state index in [1.165, 1.54) is 18.6 Å². The van der Waals surface area contributed by atoms with Crippen molar-refractivity contribution in [1.29, 1.82) is 0 Å². The number of benzene rings is 1. The van der Waals surface area contributed by atoms with Crippen LogP contribution in [0.1, 0.15) is 45.1 Å². The third kappa shape index (κ3) is 5.17. The SMILES string of the molecule is C[C@@H]1[C@H](C)CCC[C@@H]1N1C[C@@H](C(=O)NCCc2ccc(S(N)(=O)=O)cc2)CC1=O. The lowest BCUT2D eigenvalue weighted by Gasteiger charge is -2.40. The number of hydrogen-bond acceptors (Lipinski definition) is 4. The maximum absolute atomic E-state index is 12.6. The van der Waals surface area contributed by atoms with Crippen molar-refractivity contribution in [3.63, 3.8) is 0 Å². The van der Waals surface area contributed by atoms with Gasteiger partial charge in [0.15, 0.2) is 0 Å². The number of nitrogens with one attached hydrogen (secondary N) is 1. The fraction of sp³-hybridized carbons (Fsp3) is 0.619. The summed E-state index contributed by atoms with van der Waals surface area (Å²) >= 11 is 0. The zero-order chi connectivity index (χ0) is 21.2. The van der Waals surface area contributed by atoms with E-state index in [9.17, 15) is 18.0 Å². The summed E-state index contributed by atoms with van der Waals surface area (Å²) in [4.78, 5) is 27.1. The van der Waals surface area contributed by atoms with Gasteiger partial charge in [0, 0.05) is 25.6 Å². The van der Waals surface area contributed by atoms with Crippen LogP contribution in [-0.4, -0.2) is 44.3 Å². The van der Waals surface area contributed by atoms with Crippen molar-refractivity contribution >= 4 is 21.8 Å². The molecular weight excluding hydrogens is 390 g/mol. The van der Waals surface area contributed by atoms with Crippen molar-refractivity contribution in [2.24, 2.45) is 22.9 Å². The molecule has 1 saturated carbocycles. The first kappa shape index (κ1) is 21.8. The Bertz CT molecular complexity index is 853. The van der Waals surface area contributed by atoms with E-state index < -0.39 is 10.0 Å². The van der Waals surface area contributed by atoms with E-state index in [2.05, 4.69) is 19.2 Å². The molecule has 160 valence electrons. The van der Waals surface area contributed by atoms with Gasteiger partial charge >= 0.3 is 0 Å². The monoisotopic (exact) mass is 421 g/mol. The van der Waals surface area contributed by atoms with Crippen molar-refractivity contribution in [3.05, 3.63) is 29.8 Å². The standard InChI is InChI=1S/C21H31N3O4S/c1-14-4-3-5-19(15(14)2)24-13-17(12-20(24)25)21(26)23-11-10-16-6-8-18(9-7-16)29(22,27)28/h6-9,14-15,17,19H,3-5,10-13H2,1-2H3,(H,23,26)(H2,22,27,28)/t14-,15-,17+,19+/m1/s1. The van der Waals surface area contributed by atoms with Crippen molar-refractivity contribution in [1.82, 2.24) is 10.2 Å². The molecule has 3 rings (SSSR count). The first-order valence-electron chi connectivity index (χ1n) is 10.4. The second-order valence-corrected chi connectivity index (χ2v) is 10.1. The Morgan fingerprint density at radius 2 is 1.90 bits per heavy atom. The fourth-order valence-corrected chi connectivity index (χ4v) is 5.06. The molecule has 3 N–H and O–H groups in total. The highest BCUT2D eigenvalue weighted by Gasteiger charge is 2.41. The van der Waals surface area contributed by atoms with Gasteiger partial charge in [-0.1, -0.05) is 38.8 Å². The Kier molecular flexibility index (Phi) is 6.63. The van der Waals surface area contributed by atoms with Crippen LogP contribution in [0.25, 0.3) is 0 Å².